The van der Waals surface area contributed by atoms with E-state index in [0.29, 0.717) is 5.92 Å². The quantitative estimate of drug-likeness (QED) is 0.839. The minimum absolute atomic E-state index is 0.192. The van der Waals surface area contributed by atoms with Crippen LogP contribution in [-0.2, 0) is 0 Å². The molecule has 0 bridgehead atoms. The van der Waals surface area contributed by atoms with E-state index in [1.807, 2.05) is 0 Å². The minimum Gasteiger partial charge on any atom is -0.298 e. The Labute approximate surface area is 98.3 Å². The maximum Gasteiger partial charge on any atom is 0.121 e. The van der Waals surface area contributed by atoms with E-state index in [4.69, 9.17) is 0 Å². The van der Waals surface area contributed by atoms with Gasteiger partial charge in [0.2, 0.25) is 0 Å². The van der Waals surface area contributed by atoms with E-state index in [2.05, 4.69) is 57.3 Å². The second-order valence-corrected chi connectivity index (χ2v) is 4.72. The van der Waals surface area contributed by atoms with E-state index < -0.39 is 0 Å². The van der Waals surface area contributed by atoms with Crippen molar-refractivity contribution < 1.29 is 0 Å². The van der Waals surface area contributed by atoms with Crippen molar-refractivity contribution in [1.82, 2.24) is 5.32 Å². The van der Waals surface area contributed by atoms with Crippen molar-refractivity contribution in [2.24, 2.45) is 5.92 Å². The minimum atomic E-state index is -0.192. The number of rotatable bonds is 4. The standard InChI is InChI=1S/C14H20N2/c1-10(2)9-16-14(8-15)13-7-11(3)5-6-12(13)4/h5-7,10,14,16H,9H2,1-4H3. The first-order chi connectivity index (χ1) is 7.54. The maximum absolute atomic E-state index is 9.20. The second kappa shape index (κ2) is 5.67. The molecule has 0 aromatic heterocycles. The van der Waals surface area contributed by atoms with Crippen LogP contribution >= 0.6 is 0 Å². The van der Waals surface area contributed by atoms with Gasteiger partial charge in [0.15, 0.2) is 0 Å². The predicted molar refractivity (Wildman–Crippen MR) is 67.1 cm³/mol. The molecule has 1 aromatic carbocycles. The summed E-state index contributed by atoms with van der Waals surface area (Å²) in [5.41, 5.74) is 3.48. The van der Waals surface area contributed by atoms with Crippen LogP contribution in [0.2, 0.25) is 0 Å². The topological polar surface area (TPSA) is 35.8 Å². The lowest BCUT2D eigenvalue weighted by Gasteiger charge is -2.16. The number of nitrogens with one attached hydrogen (secondary N) is 1. The third-order valence-electron chi connectivity index (χ3n) is 2.61. The highest BCUT2D eigenvalue weighted by Gasteiger charge is 2.12. The molecule has 0 heterocycles. The van der Waals surface area contributed by atoms with Gasteiger partial charge in [-0.2, -0.15) is 5.26 Å². The third kappa shape index (κ3) is 3.36. The number of benzene rings is 1. The van der Waals surface area contributed by atoms with Crippen LogP contribution in [-0.4, -0.2) is 6.54 Å². The Morgan fingerprint density at radius 2 is 2.00 bits per heavy atom. The van der Waals surface area contributed by atoms with Gasteiger partial charge in [0, 0.05) is 0 Å². The van der Waals surface area contributed by atoms with Gasteiger partial charge in [0.25, 0.3) is 0 Å². The van der Waals surface area contributed by atoms with Crippen molar-refractivity contribution in [3.05, 3.63) is 34.9 Å². The van der Waals surface area contributed by atoms with E-state index >= 15 is 0 Å². The Hall–Kier alpha value is -1.33. The number of nitriles is 1. The van der Waals surface area contributed by atoms with E-state index in [0.717, 1.165) is 12.1 Å². The van der Waals surface area contributed by atoms with Crippen molar-refractivity contribution in [3.8, 4) is 6.07 Å². The molecule has 1 unspecified atom stereocenters. The van der Waals surface area contributed by atoms with Gasteiger partial charge in [-0.25, -0.2) is 0 Å². The van der Waals surface area contributed by atoms with Crippen LogP contribution in [0.25, 0.3) is 0 Å². The summed E-state index contributed by atoms with van der Waals surface area (Å²) in [5.74, 6) is 0.556. The molecule has 0 radical (unpaired) electrons. The predicted octanol–water partition coefficient (Wildman–Crippen LogP) is 3.11. The molecule has 1 N–H and O–H groups in total. The molecule has 0 fully saturated rings. The molecule has 86 valence electrons. The highest BCUT2D eigenvalue weighted by molar-refractivity contribution is 5.35. The van der Waals surface area contributed by atoms with E-state index in [-0.39, 0.29) is 6.04 Å². The summed E-state index contributed by atoms with van der Waals surface area (Å²) < 4.78 is 0. The maximum atomic E-state index is 9.20. The van der Waals surface area contributed by atoms with E-state index in [1.54, 1.807) is 0 Å². The molecule has 16 heavy (non-hydrogen) atoms. The van der Waals surface area contributed by atoms with Crippen molar-refractivity contribution in [1.29, 1.82) is 5.26 Å². The SMILES string of the molecule is Cc1ccc(C)c(C(C#N)NCC(C)C)c1. The van der Waals surface area contributed by atoms with Gasteiger partial charge in [-0.15, -0.1) is 0 Å². The Bertz CT molecular complexity index is 388. The van der Waals surface area contributed by atoms with Crippen LogP contribution in [0, 0.1) is 31.1 Å². The highest BCUT2D eigenvalue weighted by Crippen LogP contribution is 2.18. The molecule has 0 aliphatic heterocycles. The summed E-state index contributed by atoms with van der Waals surface area (Å²) in [6.07, 6.45) is 0. The molecular formula is C14H20N2. The summed E-state index contributed by atoms with van der Waals surface area (Å²) in [7, 11) is 0. The molecule has 0 amide bonds. The van der Waals surface area contributed by atoms with Crippen LogP contribution in [0.5, 0.6) is 0 Å². The fraction of sp³-hybridized carbons (Fsp3) is 0.500. The molecule has 1 aromatic rings. The first kappa shape index (κ1) is 12.7. The first-order valence-corrected chi connectivity index (χ1v) is 5.74. The summed E-state index contributed by atoms with van der Waals surface area (Å²) in [5, 5.41) is 12.5. The van der Waals surface area contributed by atoms with Gasteiger partial charge in [-0.3, -0.25) is 5.32 Å². The zero-order valence-corrected chi connectivity index (χ0v) is 10.5. The number of aryl methyl sites for hydroxylation is 2. The van der Waals surface area contributed by atoms with E-state index in [1.165, 1.54) is 11.1 Å². The smallest absolute Gasteiger partial charge is 0.121 e. The monoisotopic (exact) mass is 216 g/mol. The number of hydrogen-bond donors (Lipinski definition) is 1. The lowest BCUT2D eigenvalue weighted by molar-refractivity contribution is 0.524. The van der Waals surface area contributed by atoms with Crippen molar-refractivity contribution in [2.45, 2.75) is 33.7 Å². The average Bonchev–Trinajstić information content (AvgIpc) is 2.23. The molecule has 0 saturated heterocycles. The summed E-state index contributed by atoms with van der Waals surface area (Å²) in [6, 6.07) is 8.39. The molecule has 1 atom stereocenters. The number of nitrogens with zero attached hydrogens (tertiary/aromatic N) is 1. The molecule has 0 aliphatic rings. The lowest BCUT2D eigenvalue weighted by atomic mass is 9.99. The largest absolute Gasteiger partial charge is 0.298 e. The second-order valence-electron chi connectivity index (χ2n) is 4.72. The van der Waals surface area contributed by atoms with Crippen LogP contribution in [0.15, 0.2) is 18.2 Å². The Kier molecular flexibility index (Phi) is 4.52. The van der Waals surface area contributed by atoms with Crippen LogP contribution < -0.4 is 5.32 Å². The summed E-state index contributed by atoms with van der Waals surface area (Å²) >= 11 is 0. The average molecular weight is 216 g/mol. The van der Waals surface area contributed by atoms with Gasteiger partial charge in [-0.1, -0.05) is 37.6 Å². The molecule has 1 rings (SSSR count). The van der Waals surface area contributed by atoms with Gasteiger partial charge in [0.05, 0.1) is 6.07 Å². The zero-order chi connectivity index (χ0) is 12.1. The summed E-state index contributed by atoms with van der Waals surface area (Å²) in [6.45, 7) is 9.26. The van der Waals surface area contributed by atoms with Crippen molar-refractivity contribution in [3.63, 3.8) is 0 Å². The van der Waals surface area contributed by atoms with Gasteiger partial charge in [0.1, 0.15) is 6.04 Å². The van der Waals surface area contributed by atoms with E-state index in [9.17, 15) is 5.26 Å². The molecule has 0 spiro atoms. The van der Waals surface area contributed by atoms with Crippen LogP contribution in [0.3, 0.4) is 0 Å². The molecular weight excluding hydrogens is 196 g/mol. The van der Waals surface area contributed by atoms with Gasteiger partial charge in [-0.05, 0) is 37.4 Å². The van der Waals surface area contributed by atoms with Gasteiger partial charge < -0.3 is 0 Å². The normalized spacial score (nSPS) is 12.5. The summed E-state index contributed by atoms with van der Waals surface area (Å²) in [4.78, 5) is 0. The Balaban J connectivity index is 2.87. The van der Waals surface area contributed by atoms with Crippen LogP contribution in [0.1, 0.15) is 36.6 Å². The van der Waals surface area contributed by atoms with Crippen molar-refractivity contribution in [2.75, 3.05) is 6.54 Å². The highest BCUT2D eigenvalue weighted by atomic mass is 14.9. The number of hydrogen-bond acceptors (Lipinski definition) is 2. The third-order valence-corrected chi connectivity index (χ3v) is 2.61. The Morgan fingerprint density at radius 3 is 2.56 bits per heavy atom. The van der Waals surface area contributed by atoms with Crippen LogP contribution in [0.4, 0.5) is 0 Å². The lowest BCUT2D eigenvalue weighted by Crippen LogP contribution is -2.25. The first-order valence-electron chi connectivity index (χ1n) is 5.74. The fourth-order valence-electron chi connectivity index (χ4n) is 1.65. The van der Waals surface area contributed by atoms with Gasteiger partial charge >= 0.3 is 0 Å². The molecule has 0 saturated carbocycles. The molecule has 2 nitrogen and oxygen atoms in total. The fourth-order valence-corrected chi connectivity index (χ4v) is 1.65. The molecule has 0 aliphatic carbocycles. The zero-order valence-electron chi connectivity index (χ0n) is 10.5. The molecule has 2 heteroatoms. The van der Waals surface area contributed by atoms with Crippen molar-refractivity contribution >= 4 is 0 Å². The Morgan fingerprint density at radius 1 is 1.31 bits per heavy atom.